The van der Waals surface area contributed by atoms with E-state index in [1.165, 1.54) is 57.9 Å². The molecule has 2 aromatic rings. The molecule has 2 saturated heterocycles. The van der Waals surface area contributed by atoms with Crippen molar-refractivity contribution in [3.8, 4) is 5.75 Å². The van der Waals surface area contributed by atoms with Crippen molar-refractivity contribution in [2.24, 2.45) is 5.92 Å². The summed E-state index contributed by atoms with van der Waals surface area (Å²) in [5.74, 6) is 1.82. The lowest BCUT2D eigenvalue weighted by molar-refractivity contribution is 0.0373. The number of fused-ring (bicyclic) bond motifs is 1. The molecular weight excluding hydrogens is 410 g/mol. The molecule has 0 bridgehead atoms. The summed E-state index contributed by atoms with van der Waals surface area (Å²) in [7, 11) is 0. The van der Waals surface area contributed by atoms with Gasteiger partial charge in [0.15, 0.2) is 0 Å². The van der Waals surface area contributed by atoms with Gasteiger partial charge in [-0.2, -0.15) is 0 Å². The highest BCUT2D eigenvalue weighted by molar-refractivity contribution is 6.08. The Morgan fingerprint density at radius 3 is 2.68 bits per heavy atom. The number of halogens is 1. The van der Waals surface area contributed by atoms with Crippen molar-refractivity contribution >= 4 is 29.2 Å². The summed E-state index contributed by atoms with van der Waals surface area (Å²) in [4.78, 5) is 18.4. The number of carbonyl (C=O) groups excluding carboxylic acids is 1. The van der Waals surface area contributed by atoms with Gasteiger partial charge in [-0.1, -0.05) is 37.8 Å². The van der Waals surface area contributed by atoms with Crippen molar-refractivity contribution in [2.45, 2.75) is 63.5 Å². The maximum atomic E-state index is 13.7. The molecule has 0 unspecified atom stereocenters. The van der Waals surface area contributed by atoms with E-state index in [0.717, 1.165) is 48.5 Å². The van der Waals surface area contributed by atoms with Crippen LogP contribution in [-0.4, -0.2) is 59.1 Å². The molecule has 4 aliphatic rings. The zero-order valence-corrected chi connectivity index (χ0v) is 19.1. The second-order valence-corrected chi connectivity index (χ2v) is 9.82. The van der Waals surface area contributed by atoms with Crippen molar-refractivity contribution in [3.63, 3.8) is 0 Å². The summed E-state index contributed by atoms with van der Waals surface area (Å²) in [6.45, 7) is 4.70. The zero-order chi connectivity index (χ0) is 20.1. The van der Waals surface area contributed by atoms with Crippen LogP contribution >= 0.6 is 12.4 Å². The smallest absolute Gasteiger partial charge is 0.256 e. The molecule has 3 fully saturated rings. The van der Waals surface area contributed by atoms with Crippen molar-refractivity contribution in [3.05, 3.63) is 30.0 Å². The Kier molecular flexibility index (Phi) is 5.91. The number of hydrogen-bond acceptors (Lipinski definition) is 3. The van der Waals surface area contributed by atoms with Gasteiger partial charge in [-0.3, -0.25) is 9.69 Å². The number of ether oxygens (including phenoxy) is 1. The van der Waals surface area contributed by atoms with E-state index < -0.39 is 0 Å². The van der Waals surface area contributed by atoms with E-state index in [1.54, 1.807) is 0 Å². The molecule has 0 spiro atoms. The molecule has 6 heteroatoms. The minimum Gasteiger partial charge on any atom is -0.489 e. The quantitative estimate of drug-likeness (QED) is 0.663. The fraction of sp³-hybridized carbons (Fsp3) is 0.640. The van der Waals surface area contributed by atoms with Gasteiger partial charge in [-0.25, -0.2) is 0 Å². The SMILES string of the molecule is Cl.O=C(c1cn2c3c(cccc13)OC[C@H]2C1CCCCC1)N1CCN2CCCC[C@H]2C1. The van der Waals surface area contributed by atoms with Crippen LogP contribution in [0.3, 0.4) is 0 Å². The average molecular weight is 444 g/mol. The maximum Gasteiger partial charge on any atom is 0.256 e. The number of piperidine rings is 1. The Balaban J connectivity index is 0.00000204. The number of para-hydroxylation sites is 1. The lowest BCUT2D eigenvalue weighted by Gasteiger charge is -2.44. The number of piperazine rings is 1. The van der Waals surface area contributed by atoms with Crippen LogP contribution in [0, 0.1) is 5.92 Å². The summed E-state index contributed by atoms with van der Waals surface area (Å²) in [6.07, 6.45) is 12.6. The van der Waals surface area contributed by atoms with Crippen LogP contribution in [-0.2, 0) is 0 Å². The zero-order valence-electron chi connectivity index (χ0n) is 18.3. The summed E-state index contributed by atoms with van der Waals surface area (Å²) in [6, 6.07) is 7.13. The van der Waals surface area contributed by atoms with E-state index >= 15 is 0 Å². The first-order valence-electron chi connectivity index (χ1n) is 12.1. The normalized spacial score (nSPS) is 26.8. The van der Waals surface area contributed by atoms with Crippen molar-refractivity contribution in [1.29, 1.82) is 0 Å². The van der Waals surface area contributed by atoms with Gasteiger partial charge in [-0.05, 0) is 44.2 Å². The number of amides is 1. The number of carbonyl (C=O) groups is 1. The summed E-state index contributed by atoms with van der Waals surface area (Å²) in [5.41, 5.74) is 2.02. The van der Waals surface area contributed by atoms with E-state index in [4.69, 9.17) is 4.74 Å². The molecule has 168 valence electrons. The number of nitrogens with zero attached hydrogens (tertiary/aromatic N) is 3. The van der Waals surface area contributed by atoms with Gasteiger partial charge >= 0.3 is 0 Å². The maximum absolute atomic E-state index is 13.7. The Bertz CT molecular complexity index is 952. The largest absolute Gasteiger partial charge is 0.489 e. The molecule has 2 atom stereocenters. The fourth-order valence-electron chi connectivity index (χ4n) is 6.48. The number of aromatic nitrogens is 1. The molecule has 1 aliphatic carbocycles. The van der Waals surface area contributed by atoms with E-state index in [-0.39, 0.29) is 18.3 Å². The first kappa shape index (κ1) is 21.1. The van der Waals surface area contributed by atoms with Crippen molar-refractivity contribution in [1.82, 2.24) is 14.4 Å². The van der Waals surface area contributed by atoms with Crippen LogP contribution in [0.25, 0.3) is 10.9 Å². The van der Waals surface area contributed by atoms with E-state index in [2.05, 4.69) is 32.7 Å². The summed E-state index contributed by atoms with van der Waals surface area (Å²) < 4.78 is 8.63. The van der Waals surface area contributed by atoms with Crippen LogP contribution in [0.15, 0.2) is 24.4 Å². The van der Waals surface area contributed by atoms with Crippen LogP contribution in [0.1, 0.15) is 67.8 Å². The van der Waals surface area contributed by atoms with Gasteiger partial charge in [0, 0.05) is 37.3 Å². The lowest BCUT2D eigenvalue weighted by atomic mass is 9.83. The standard InChI is InChI=1S/C25H33N3O2.ClH/c29-25(27-14-13-26-12-5-4-9-19(26)15-27)21-16-28-22(18-7-2-1-3-8-18)17-30-23-11-6-10-20(21)24(23)28;/h6,10-11,16,18-19,22H,1-5,7-9,12-15,17H2;1H/t19-,22-;/m0./s1. The van der Waals surface area contributed by atoms with Crippen LogP contribution in [0.5, 0.6) is 5.75 Å². The predicted octanol–water partition coefficient (Wildman–Crippen LogP) is 4.89. The van der Waals surface area contributed by atoms with Gasteiger partial charge in [0.05, 0.1) is 17.1 Å². The first-order chi connectivity index (χ1) is 14.8. The second-order valence-electron chi connectivity index (χ2n) is 9.82. The van der Waals surface area contributed by atoms with Gasteiger partial charge in [-0.15, -0.1) is 12.4 Å². The van der Waals surface area contributed by atoms with Gasteiger partial charge in [0.2, 0.25) is 0 Å². The molecule has 6 rings (SSSR count). The molecule has 0 radical (unpaired) electrons. The Morgan fingerprint density at radius 2 is 1.81 bits per heavy atom. The summed E-state index contributed by atoms with van der Waals surface area (Å²) in [5, 5.41) is 1.07. The third-order valence-electron chi connectivity index (χ3n) is 8.13. The van der Waals surface area contributed by atoms with Crippen LogP contribution in [0.4, 0.5) is 0 Å². The number of benzene rings is 1. The molecule has 0 N–H and O–H groups in total. The molecule has 3 aliphatic heterocycles. The van der Waals surface area contributed by atoms with Gasteiger partial charge in [0.25, 0.3) is 5.91 Å². The van der Waals surface area contributed by atoms with E-state index in [9.17, 15) is 4.79 Å². The molecule has 31 heavy (non-hydrogen) atoms. The second kappa shape index (κ2) is 8.67. The molecular formula is C25H34ClN3O2. The monoisotopic (exact) mass is 443 g/mol. The molecule has 1 aromatic carbocycles. The fourth-order valence-corrected chi connectivity index (χ4v) is 6.48. The lowest BCUT2D eigenvalue weighted by Crippen LogP contribution is -2.56. The molecule has 4 heterocycles. The minimum atomic E-state index is 0. The number of hydrogen-bond donors (Lipinski definition) is 0. The topological polar surface area (TPSA) is 37.7 Å². The van der Waals surface area contributed by atoms with E-state index in [1.807, 2.05) is 6.07 Å². The van der Waals surface area contributed by atoms with Crippen LogP contribution < -0.4 is 4.74 Å². The first-order valence-corrected chi connectivity index (χ1v) is 12.1. The molecule has 1 saturated carbocycles. The Hall–Kier alpha value is -1.72. The molecule has 5 nitrogen and oxygen atoms in total. The third kappa shape index (κ3) is 3.64. The highest BCUT2D eigenvalue weighted by atomic mass is 35.5. The Morgan fingerprint density at radius 1 is 0.968 bits per heavy atom. The van der Waals surface area contributed by atoms with Gasteiger partial charge < -0.3 is 14.2 Å². The minimum absolute atomic E-state index is 0. The molecule has 1 aromatic heterocycles. The number of rotatable bonds is 2. The third-order valence-corrected chi connectivity index (χ3v) is 8.13. The average Bonchev–Trinajstić information content (AvgIpc) is 3.20. The van der Waals surface area contributed by atoms with Crippen LogP contribution in [0.2, 0.25) is 0 Å². The van der Waals surface area contributed by atoms with Crippen molar-refractivity contribution < 1.29 is 9.53 Å². The highest BCUT2D eigenvalue weighted by Crippen LogP contribution is 2.42. The van der Waals surface area contributed by atoms with Gasteiger partial charge in [0.1, 0.15) is 12.4 Å². The van der Waals surface area contributed by atoms with Crippen molar-refractivity contribution in [2.75, 3.05) is 32.8 Å². The molecule has 1 amide bonds. The highest BCUT2D eigenvalue weighted by Gasteiger charge is 2.35. The predicted molar refractivity (Wildman–Crippen MR) is 125 cm³/mol. The van der Waals surface area contributed by atoms with E-state index in [0.29, 0.717) is 18.0 Å². The Labute approximate surface area is 191 Å². The summed E-state index contributed by atoms with van der Waals surface area (Å²) >= 11 is 0.